The van der Waals surface area contributed by atoms with Crippen LogP contribution < -0.4 is 16.4 Å². The lowest BCUT2D eigenvalue weighted by Crippen LogP contribution is -2.32. The van der Waals surface area contributed by atoms with Gasteiger partial charge in [0.05, 0.1) is 5.69 Å². The van der Waals surface area contributed by atoms with Crippen molar-refractivity contribution in [2.75, 3.05) is 31.5 Å². The molecule has 0 spiro atoms. The molecule has 0 unspecified atom stereocenters. The SMILES string of the molecule is Cc1nc(CN)cc(NCCN2CCNC2=O)n1. The molecule has 0 radical (unpaired) electrons. The molecule has 7 nitrogen and oxygen atoms in total. The highest BCUT2D eigenvalue weighted by Crippen LogP contribution is 2.06. The van der Waals surface area contributed by atoms with E-state index in [0.717, 1.165) is 24.6 Å². The zero-order valence-electron chi connectivity index (χ0n) is 10.4. The lowest BCUT2D eigenvalue weighted by atomic mass is 10.3. The van der Waals surface area contributed by atoms with Gasteiger partial charge in [-0.3, -0.25) is 0 Å². The Morgan fingerprint density at radius 2 is 2.39 bits per heavy atom. The molecule has 18 heavy (non-hydrogen) atoms. The summed E-state index contributed by atoms with van der Waals surface area (Å²) >= 11 is 0. The predicted molar refractivity (Wildman–Crippen MR) is 68.1 cm³/mol. The van der Waals surface area contributed by atoms with Crippen LogP contribution >= 0.6 is 0 Å². The molecule has 0 aromatic carbocycles. The molecule has 2 amide bonds. The van der Waals surface area contributed by atoms with Crippen LogP contribution in [0.25, 0.3) is 0 Å². The van der Waals surface area contributed by atoms with Crippen LogP contribution in [-0.4, -0.2) is 47.1 Å². The molecule has 1 aromatic heterocycles. The number of carbonyl (C=O) groups is 1. The number of amides is 2. The van der Waals surface area contributed by atoms with E-state index in [1.54, 1.807) is 4.90 Å². The first-order chi connectivity index (χ1) is 8.69. The molecule has 1 aliphatic heterocycles. The molecule has 0 aliphatic carbocycles. The zero-order chi connectivity index (χ0) is 13.0. The number of nitrogens with two attached hydrogens (primary N) is 1. The Hall–Kier alpha value is -1.89. The summed E-state index contributed by atoms with van der Waals surface area (Å²) in [6, 6.07) is 1.83. The molecule has 0 atom stereocenters. The summed E-state index contributed by atoms with van der Waals surface area (Å²) in [5, 5.41) is 5.94. The van der Waals surface area contributed by atoms with Crippen molar-refractivity contribution in [1.82, 2.24) is 20.2 Å². The average molecular weight is 250 g/mol. The second-order valence-electron chi connectivity index (χ2n) is 4.14. The fraction of sp³-hybridized carbons (Fsp3) is 0.545. The molecular formula is C11H18N6O. The maximum absolute atomic E-state index is 11.3. The topological polar surface area (TPSA) is 96.2 Å². The normalized spacial score (nSPS) is 14.8. The molecule has 0 bridgehead atoms. The monoisotopic (exact) mass is 250 g/mol. The number of nitrogens with zero attached hydrogens (tertiary/aromatic N) is 3. The highest BCUT2D eigenvalue weighted by molar-refractivity contribution is 5.76. The number of nitrogens with one attached hydrogen (secondary N) is 2. The van der Waals surface area contributed by atoms with E-state index in [1.807, 2.05) is 13.0 Å². The Labute approximate surface area is 106 Å². The van der Waals surface area contributed by atoms with Gasteiger partial charge in [0.1, 0.15) is 11.6 Å². The number of anilines is 1. The van der Waals surface area contributed by atoms with Gasteiger partial charge in [-0.2, -0.15) is 0 Å². The second-order valence-corrected chi connectivity index (χ2v) is 4.14. The Morgan fingerprint density at radius 3 is 3.06 bits per heavy atom. The standard InChI is InChI=1S/C11H18N6O/c1-8-15-9(7-12)6-10(16-8)13-2-4-17-5-3-14-11(17)18/h6H,2-5,7,12H2,1H3,(H,14,18)(H,13,15,16). The van der Waals surface area contributed by atoms with Crippen LogP contribution in [0.4, 0.5) is 10.6 Å². The van der Waals surface area contributed by atoms with Crippen LogP contribution in [0.5, 0.6) is 0 Å². The summed E-state index contributed by atoms with van der Waals surface area (Å²) in [6.45, 7) is 5.03. The van der Waals surface area contributed by atoms with Gasteiger partial charge in [0.15, 0.2) is 0 Å². The van der Waals surface area contributed by atoms with Crippen molar-refractivity contribution in [2.24, 2.45) is 5.73 Å². The van der Waals surface area contributed by atoms with Crippen LogP contribution in [-0.2, 0) is 6.54 Å². The molecule has 98 valence electrons. The van der Waals surface area contributed by atoms with E-state index >= 15 is 0 Å². The average Bonchev–Trinajstić information content (AvgIpc) is 2.74. The summed E-state index contributed by atoms with van der Waals surface area (Å²) in [5.74, 6) is 1.45. The van der Waals surface area contributed by atoms with Gasteiger partial charge in [-0.1, -0.05) is 0 Å². The third-order valence-electron chi connectivity index (χ3n) is 2.73. The molecule has 1 saturated heterocycles. The molecule has 1 fully saturated rings. The van der Waals surface area contributed by atoms with Crippen molar-refractivity contribution >= 4 is 11.8 Å². The minimum atomic E-state index is -0.00156. The highest BCUT2D eigenvalue weighted by Gasteiger charge is 2.18. The van der Waals surface area contributed by atoms with Crippen molar-refractivity contribution < 1.29 is 4.79 Å². The van der Waals surface area contributed by atoms with Crippen LogP contribution in [0, 0.1) is 6.92 Å². The number of aromatic nitrogens is 2. The second kappa shape index (κ2) is 5.63. The lowest BCUT2D eigenvalue weighted by molar-refractivity contribution is 0.219. The Kier molecular flexibility index (Phi) is 3.93. The molecule has 1 aliphatic rings. The van der Waals surface area contributed by atoms with E-state index < -0.39 is 0 Å². The number of aryl methyl sites for hydroxylation is 1. The Balaban J connectivity index is 1.86. The number of hydrogen-bond acceptors (Lipinski definition) is 5. The van der Waals surface area contributed by atoms with Crippen molar-refractivity contribution in [2.45, 2.75) is 13.5 Å². The van der Waals surface area contributed by atoms with Gasteiger partial charge in [-0.15, -0.1) is 0 Å². The molecule has 4 N–H and O–H groups in total. The van der Waals surface area contributed by atoms with Crippen LogP contribution in [0.1, 0.15) is 11.5 Å². The number of rotatable bonds is 5. The van der Waals surface area contributed by atoms with Gasteiger partial charge in [0.25, 0.3) is 0 Å². The molecule has 0 saturated carbocycles. The summed E-state index contributed by atoms with van der Waals surface area (Å²) in [4.78, 5) is 21.6. The molecule has 7 heteroatoms. The third-order valence-corrected chi connectivity index (χ3v) is 2.73. The lowest BCUT2D eigenvalue weighted by Gasteiger charge is -2.14. The maximum atomic E-state index is 11.3. The van der Waals surface area contributed by atoms with Gasteiger partial charge in [-0.05, 0) is 6.92 Å². The minimum absolute atomic E-state index is 0.00156. The largest absolute Gasteiger partial charge is 0.368 e. The molecule has 2 heterocycles. The van der Waals surface area contributed by atoms with Gasteiger partial charge in [0.2, 0.25) is 0 Å². The van der Waals surface area contributed by atoms with Crippen molar-refractivity contribution in [1.29, 1.82) is 0 Å². The van der Waals surface area contributed by atoms with E-state index in [2.05, 4.69) is 20.6 Å². The fourth-order valence-corrected chi connectivity index (χ4v) is 1.87. The van der Waals surface area contributed by atoms with E-state index in [4.69, 9.17) is 5.73 Å². The predicted octanol–water partition coefficient (Wildman–Crippen LogP) is -0.319. The zero-order valence-corrected chi connectivity index (χ0v) is 10.4. The number of urea groups is 1. The maximum Gasteiger partial charge on any atom is 0.317 e. The van der Waals surface area contributed by atoms with Crippen molar-refractivity contribution in [3.05, 3.63) is 17.6 Å². The summed E-state index contributed by atoms with van der Waals surface area (Å²) < 4.78 is 0. The molecular weight excluding hydrogens is 232 g/mol. The highest BCUT2D eigenvalue weighted by atomic mass is 16.2. The quantitative estimate of drug-likeness (QED) is 0.665. The van der Waals surface area contributed by atoms with Crippen LogP contribution in [0.3, 0.4) is 0 Å². The van der Waals surface area contributed by atoms with Crippen LogP contribution in [0.15, 0.2) is 6.07 Å². The Morgan fingerprint density at radius 1 is 1.56 bits per heavy atom. The fourth-order valence-electron chi connectivity index (χ4n) is 1.87. The van der Waals surface area contributed by atoms with Gasteiger partial charge < -0.3 is 21.3 Å². The van der Waals surface area contributed by atoms with Crippen molar-refractivity contribution in [3.63, 3.8) is 0 Å². The smallest absolute Gasteiger partial charge is 0.317 e. The van der Waals surface area contributed by atoms with Gasteiger partial charge in [0, 0.05) is 38.8 Å². The van der Waals surface area contributed by atoms with Crippen LogP contribution in [0.2, 0.25) is 0 Å². The summed E-state index contributed by atoms with van der Waals surface area (Å²) in [6.07, 6.45) is 0. The summed E-state index contributed by atoms with van der Waals surface area (Å²) in [7, 11) is 0. The minimum Gasteiger partial charge on any atom is -0.368 e. The van der Waals surface area contributed by atoms with E-state index in [0.29, 0.717) is 25.5 Å². The third kappa shape index (κ3) is 3.07. The van der Waals surface area contributed by atoms with E-state index in [1.165, 1.54) is 0 Å². The van der Waals surface area contributed by atoms with E-state index in [9.17, 15) is 4.79 Å². The van der Waals surface area contributed by atoms with Gasteiger partial charge >= 0.3 is 6.03 Å². The summed E-state index contributed by atoms with van der Waals surface area (Å²) in [5.41, 5.74) is 6.36. The number of hydrogen-bond donors (Lipinski definition) is 3. The molecule has 2 rings (SSSR count). The first-order valence-corrected chi connectivity index (χ1v) is 6.00. The first kappa shape index (κ1) is 12.6. The first-order valence-electron chi connectivity index (χ1n) is 6.00. The van der Waals surface area contributed by atoms with E-state index in [-0.39, 0.29) is 6.03 Å². The molecule has 1 aromatic rings. The van der Waals surface area contributed by atoms with Gasteiger partial charge in [-0.25, -0.2) is 14.8 Å². The number of carbonyl (C=O) groups excluding carboxylic acids is 1. The van der Waals surface area contributed by atoms with Crippen molar-refractivity contribution in [3.8, 4) is 0 Å². The Bertz CT molecular complexity index is 436.